The maximum absolute atomic E-state index is 12.8. The zero-order chi connectivity index (χ0) is 16.2. The smallest absolute Gasteiger partial charge is 0.225 e. The van der Waals surface area contributed by atoms with Crippen molar-refractivity contribution in [2.75, 3.05) is 26.2 Å². The zero-order valence-electron chi connectivity index (χ0n) is 14.0. The largest absolute Gasteiger partial charge is 0.486 e. The summed E-state index contributed by atoms with van der Waals surface area (Å²) in [6.07, 6.45) is 1.73. The molecular formula is C18H26N2O3. The van der Waals surface area contributed by atoms with Gasteiger partial charge in [0.2, 0.25) is 5.91 Å². The van der Waals surface area contributed by atoms with Crippen LogP contribution >= 0.6 is 0 Å². The number of para-hydroxylation sites is 2. The van der Waals surface area contributed by atoms with E-state index in [0.29, 0.717) is 25.7 Å². The Labute approximate surface area is 137 Å². The van der Waals surface area contributed by atoms with E-state index in [1.54, 1.807) is 0 Å². The second-order valence-corrected chi connectivity index (χ2v) is 6.45. The number of rotatable bonds is 4. The van der Waals surface area contributed by atoms with Gasteiger partial charge < -0.3 is 19.7 Å². The Kier molecular flexibility index (Phi) is 5.06. The van der Waals surface area contributed by atoms with Gasteiger partial charge in [0.05, 0.1) is 6.54 Å². The van der Waals surface area contributed by atoms with Crippen molar-refractivity contribution in [1.29, 1.82) is 0 Å². The third-order valence-corrected chi connectivity index (χ3v) is 4.66. The topological polar surface area (TPSA) is 50.8 Å². The third-order valence-electron chi connectivity index (χ3n) is 4.66. The molecular weight excluding hydrogens is 292 g/mol. The maximum Gasteiger partial charge on any atom is 0.225 e. The molecule has 23 heavy (non-hydrogen) atoms. The van der Waals surface area contributed by atoms with Gasteiger partial charge in [0.15, 0.2) is 17.6 Å². The first kappa shape index (κ1) is 16.1. The van der Waals surface area contributed by atoms with Crippen LogP contribution in [0.25, 0.3) is 0 Å². The van der Waals surface area contributed by atoms with Gasteiger partial charge in [-0.3, -0.25) is 4.79 Å². The molecule has 0 aromatic heterocycles. The molecule has 1 aromatic rings. The highest BCUT2D eigenvalue weighted by molar-refractivity contribution is 5.79. The number of carbonyl (C=O) groups excluding carboxylic acids is 1. The van der Waals surface area contributed by atoms with Gasteiger partial charge in [0.1, 0.15) is 6.61 Å². The molecule has 0 spiro atoms. The van der Waals surface area contributed by atoms with Crippen LogP contribution < -0.4 is 14.8 Å². The molecule has 1 unspecified atom stereocenters. The zero-order valence-corrected chi connectivity index (χ0v) is 14.0. The molecule has 5 nitrogen and oxygen atoms in total. The van der Waals surface area contributed by atoms with Crippen molar-refractivity contribution in [1.82, 2.24) is 10.2 Å². The highest BCUT2D eigenvalue weighted by Crippen LogP contribution is 2.31. The molecule has 5 heteroatoms. The van der Waals surface area contributed by atoms with Crippen molar-refractivity contribution in [3.63, 3.8) is 0 Å². The summed E-state index contributed by atoms with van der Waals surface area (Å²) >= 11 is 0. The molecule has 1 saturated heterocycles. The van der Waals surface area contributed by atoms with Crippen LogP contribution in [0.1, 0.15) is 26.7 Å². The monoisotopic (exact) mass is 318 g/mol. The van der Waals surface area contributed by atoms with Gasteiger partial charge in [-0.25, -0.2) is 0 Å². The Balaban J connectivity index is 1.60. The SMILES string of the molecule is CCN(CC1COc2ccccc2O1)C(=O)[C@H]1CCN[C@@H](C)C1. The quantitative estimate of drug-likeness (QED) is 0.923. The van der Waals surface area contributed by atoms with Crippen molar-refractivity contribution in [2.24, 2.45) is 5.92 Å². The first-order chi connectivity index (χ1) is 11.2. The minimum absolute atomic E-state index is 0.104. The van der Waals surface area contributed by atoms with Gasteiger partial charge in [-0.05, 0) is 45.4 Å². The predicted molar refractivity (Wildman–Crippen MR) is 88.8 cm³/mol. The third kappa shape index (κ3) is 3.78. The Morgan fingerprint density at radius 2 is 2.13 bits per heavy atom. The van der Waals surface area contributed by atoms with E-state index in [2.05, 4.69) is 12.2 Å². The Morgan fingerprint density at radius 3 is 2.87 bits per heavy atom. The van der Waals surface area contributed by atoms with Crippen LogP contribution in [0.2, 0.25) is 0 Å². The molecule has 1 aromatic carbocycles. The number of likely N-dealkylation sites (N-methyl/N-ethyl adjacent to an activating group) is 1. The fourth-order valence-corrected chi connectivity index (χ4v) is 3.39. The van der Waals surface area contributed by atoms with Crippen molar-refractivity contribution >= 4 is 5.91 Å². The predicted octanol–water partition coefficient (Wildman–Crippen LogP) is 2.06. The average Bonchev–Trinajstić information content (AvgIpc) is 2.59. The number of hydrogen-bond acceptors (Lipinski definition) is 4. The summed E-state index contributed by atoms with van der Waals surface area (Å²) in [6.45, 7) is 6.88. The minimum Gasteiger partial charge on any atom is -0.486 e. The second kappa shape index (κ2) is 7.21. The number of benzene rings is 1. The maximum atomic E-state index is 12.8. The van der Waals surface area contributed by atoms with E-state index in [1.807, 2.05) is 36.1 Å². The number of hydrogen-bond donors (Lipinski definition) is 1. The number of nitrogens with one attached hydrogen (secondary N) is 1. The molecule has 3 rings (SSSR count). The number of ether oxygens (including phenoxy) is 2. The lowest BCUT2D eigenvalue weighted by atomic mass is 9.92. The Hall–Kier alpha value is -1.75. The molecule has 0 radical (unpaired) electrons. The summed E-state index contributed by atoms with van der Waals surface area (Å²) in [5.41, 5.74) is 0. The van der Waals surface area contributed by atoms with Gasteiger partial charge in [-0.15, -0.1) is 0 Å². The van der Waals surface area contributed by atoms with Crippen LogP contribution in [0.5, 0.6) is 11.5 Å². The average molecular weight is 318 g/mol. The van der Waals surface area contributed by atoms with E-state index in [0.717, 1.165) is 30.9 Å². The summed E-state index contributed by atoms with van der Waals surface area (Å²) in [5, 5.41) is 3.40. The fraction of sp³-hybridized carbons (Fsp3) is 0.611. The molecule has 0 aliphatic carbocycles. The van der Waals surface area contributed by atoms with Gasteiger partial charge in [0, 0.05) is 18.5 Å². The van der Waals surface area contributed by atoms with E-state index in [1.165, 1.54) is 0 Å². The van der Waals surface area contributed by atoms with Crippen molar-refractivity contribution in [3.05, 3.63) is 24.3 Å². The molecule has 3 atom stereocenters. The van der Waals surface area contributed by atoms with E-state index >= 15 is 0 Å². The Bertz CT molecular complexity index is 549. The molecule has 1 amide bonds. The van der Waals surface area contributed by atoms with Crippen LogP contribution in [-0.4, -0.2) is 49.2 Å². The first-order valence-corrected chi connectivity index (χ1v) is 8.58. The second-order valence-electron chi connectivity index (χ2n) is 6.45. The molecule has 126 valence electrons. The van der Waals surface area contributed by atoms with Crippen molar-refractivity contribution in [2.45, 2.75) is 38.8 Å². The first-order valence-electron chi connectivity index (χ1n) is 8.58. The lowest BCUT2D eigenvalue weighted by molar-refractivity contribution is -0.138. The van der Waals surface area contributed by atoms with Crippen LogP contribution in [0.4, 0.5) is 0 Å². The summed E-state index contributed by atoms with van der Waals surface area (Å²) in [6, 6.07) is 8.10. The Morgan fingerprint density at radius 1 is 1.35 bits per heavy atom. The number of fused-ring (bicyclic) bond motifs is 1. The van der Waals surface area contributed by atoms with E-state index < -0.39 is 0 Å². The number of amides is 1. The summed E-state index contributed by atoms with van der Waals surface area (Å²) in [7, 11) is 0. The van der Waals surface area contributed by atoms with Crippen LogP contribution in [-0.2, 0) is 4.79 Å². The number of nitrogens with zero attached hydrogens (tertiary/aromatic N) is 1. The molecule has 2 heterocycles. The summed E-state index contributed by atoms with van der Waals surface area (Å²) in [4.78, 5) is 14.7. The highest BCUT2D eigenvalue weighted by Gasteiger charge is 2.30. The van der Waals surface area contributed by atoms with Crippen LogP contribution in [0.15, 0.2) is 24.3 Å². The lowest BCUT2D eigenvalue weighted by Gasteiger charge is -2.34. The van der Waals surface area contributed by atoms with E-state index in [-0.39, 0.29) is 17.9 Å². The molecule has 0 saturated carbocycles. The summed E-state index contributed by atoms with van der Waals surface area (Å²) < 4.78 is 11.7. The molecule has 0 bridgehead atoms. The highest BCUT2D eigenvalue weighted by atomic mass is 16.6. The molecule has 1 N–H and O–H groups in total. The van der Waals surface area contributed by atoms with Crippen LogP contribution in [0, 0.1) is 5.92 Å². The van der Waals surface area contributed by atoms with E-state index in [4.69, 9.17) is 9.47 Å². The summed E-state index contributed by atoms with van der Waals surface area (Å²) in [5.74, 6) is 1.93. The minimum atomic E-state index is -0.104. The van der Waals surface area contributed by atoms with Gasteiger partial charge >= 0.3 is 0 Å². The normalized spacial score (nSPS) is 26.6. The van der Waals surface area contributed by atoms with E-state index in [9.17, 15) is 4.79 Å². The van der Waals surface area contributed by atoms with Gasteiger partial charge in [0.25, 0.3) is 0 Å². The van der Waals surface area contributed by atoms with Crippen molar-refractivity contribution in [3.8, 4) is 11.5 Å². The molecule has 2 aliphatic rings. The molecule has 1 fully saturated rings. The van der Waals surface area contributed by atoms with Gasteiger partial charge in [-0.1, -0.05) is 12.1 Å². The number of carbonyl (C=O) groups is 1. The number of piperidine rings is 1. The standard InChI is InChI=1S/C18H26N2O3/c1-3-20(18(21)14-8-9-19-13(2)10-14)11-15-12-22-16-6-4-5-7-17(16)23-15/h4-7,13-15,19H,3,8-12H2,1-2H3/t13-,14-,15?/m0/s1. The van der Waals surface area contributed by atoms with Crippen LogP contribution in [0.3, 0.4) is 0 Å². The van der Waals surface area contributed by atoms with Crippen molar-refractivity contribution < 1.29 is 14.3 Å². The van der Waals surface area contributed by atoms with Gasteiger partial charge in [-0.2, -0.15) is 0 Å². The molecule has 2 aliphatic heterocycles. The lowest BCUT2D eigenvalue weighted by Crippen LogP contribution is -2.48. The fourth-order valence-electron chi connectivity index (χ4n) is 3.39.